The number of amides is 1. The lowest BCUT2D eigenvalue weighted by atomic mass is 10.2. The quantitative estimate of drug-likeness (QED) is 0.288. The molecular weight excluding hydrogens is 424 g/mol. The minimum Gasteiger partial charge on any atom is -0.491 e. The number of unbranched alkanes of at least 4 members (excludes halogenated alkanes) is 1. The zero-order chi connectivity index (χ0) is 23.7. The van der Waals surface area contributed by atoms with Gasteiger partial charge in [0.2, 0.25) is 5.91 Å². The summed E-state index contributed by atoms with van der Waals surface area (Å²) in [6.45, 7) is 6.68. The first-order valence-corrected chi connectivity index (χ1v) is 11.3. The van der Waals surface area contributed by atoms with Crippen LogP contribution in [-0.4, -0.2) is 58.1 Å². The van der Waals surface area contributed by atoms with Crippen molar-refractivity contribution in [1.82, 2.24) is 0 Å². The first-order valence-electron chi connectivity index (χ1n) is 11.3. The summed E-state index contributed by atoms with van der Waals surface area (Å²) < 4.78 is 21.7. The van der Waals surface area contributed by atoms with E-state index in [-0.39, 0.29) is 18.5 Å². The second-order valence-electron chi connectivity index (χ2n) is 7.27. The number of anilines is 2. The summed E-state index contributed by atoms with van der Waals surface area (Å²) in [7, 11) is 0. The predicted molar refractivity (Wildman–Crippen MR) is 128 cm³/mol. The zero-order valence-corrected chi connectivity index (χ0v) is 19.4. The van der Waals surface area contributed by atoms with Crippen LogP contribution in [0.4, 0.5) is 11.4 Å². The molecule has 8 nitrogen and oxygen atoms in total. The van der Waals surface area contributed by atoms with Crippen molar-refractivity contribution in [2.24, 2.45) is 0 Å². The van der Waals surface area contributed by atoms with Crippen LogP contribution in [0.3, 0.4) is 0 Å². The van der Waals surface area contributed by atoms with Gasteiger partial charge in [-0.3, -0.25) is 4.79 Å². The molecule has 0 radical (unpaired) electrons. The number of esters is 1. The Morgan fingerprint density at radius 1 is 0.788 bits per heavy atom. The number of carbonyl (C=O) groups excluding carboxylic acids is 2. The van der Waals surface area contributed by atoms with E-state index < -0.39 is 0 Å². The van der Waals surface area contributed by atoms with Gasteiger partial charge in [0.25, 0.3) is 0 Å². The molecule has 33 heavy (non-hydrogen) atoms. The number of hydrogen-bond acceptors (Lipinski definition) is 7. The summed E-state index contributed by atoms with van der Waals surface area (Å²) in [4.78, 5) is 23.0. The molecule has 8 heteroatoms. The first kappa shape index (κ1) is 26.2. The van der Waals surface area contributed by atoms with Crippen LogP contribution in [0.25, 0.3) is 0 Å². The fourth-order valence-electron chi connectivity index (χ4n) is 2.79. The largest absolute Gasteiger partial charge is 0.491 e. The number of nitrogens with one attached hydrogen (secondary N) is 2. The van der Waals surface area contributed by atoms with Gasteiger partial charge in [-0.05, 0) is 55.0 Å². The van der Waals surface area contributed by atoms with E-state index in [0.717, 1.165) is 30.8 Å². The van der Waals surface area contributed by atoms with Crippen molar-refractivity contribution in [3.63, 3.8) is 0 Å². The van der Waals surface area contributed by atoms with Crippen molar-refractivity contribution in [2.45, 2.75) is 26.7 Å². The topological polar surface area (TPSA) is 95.1 Å². The van der Waals surface area contributed by atoms with Crippen molar-refractivity contribution in [3.05, 3.63) is 54.1 Å². The van der Waals surface area contributed by atoms with Crippen LogP contribution in [-0.2, 0) is 19.0 Å². The summed E-state index contributed by atoms with van der Waals surface area (Å²) in [5.74, 6) is 0.225. The van der Waals surface area contributed by atoms with Crippen LogP contribution in [0.5, 0.6) is 5.75 Å². The van der Waals surface area contributed by atoms with Gasteiger partial charge >= 0.3 is 5.97 Å². The standard InChI is InChI=1S/C25H34N2O6/c1-3-4-13-26-22-7-5-21(6-8-22)25(29)33-19-17-31-15-14-30-16-18-32-24-11-9-23(10-12-24)27-20(2)28/h5-12,26H,3-4,13-19H2,1-2H3,(H,27,28). The van der Waals surface area contributed by atoms with Gasteiger partial charge in [-0.1, -0.05) is 13.3 Å². The molecule has 0 fully saturated rings. The molecule has 0 bridgehead atoms. The van der Waals surface area contributed by atoms with Crippen LogP contribution in [0.1, 0.15) is 37.0 Å². The van der Waals surface area contributed by atoms with Crippen molar-refractivity contribution >= 4 is 23.3 Å². The molecule has 1 amide bonds. The van der Waals surface area contributed by atoms with Gasteiger partial charge in [0.1, 0.15) is 19.0 Å². The molecule has 2 aromatic carbocycles. The summed E-state index contributed by atoms with van der Waals surface area (Å²) in [6.07, 6.45) is 2.25. The summed E-state index contributed by atoms with van der Waals surface area (Å²) in [6, 6.07) is 14.4. The Bertz CT molecular complexity index is 824. The third-order valence-corrected chi connectivity index (χ3v) is 4.48. The second kappa shape index (κ2) is 15.7. The average molecular weight is 459 g/mol. The van der Waals surface area contributed by atoms with Gasteiger partial charge in [-0.15, -0.1) is 0 Å². The van der Waals surface area contributed by atoms with Gasteiger partial charge in [-0.25, -0.2) is 4.79 Å². The van der Waals surface area contributed by atoms with E-state index in [4.69, 9.17) is 18.9 Å². The number of rotatable bonds is 16. The Kier molecular flexibility index (Phi) is 12.4. The van der Waals surface area contributed by atoms with E-state index >= 15 is 0 Å². The monoisotopic (exact) mass is 458 g/mol. The third-order valence-electron chi connectivity index (χ3n) is 4.48. The maximum Gasteiger partial charge on any atom is 0.338 e. The van der Waals surface area contributed by atoms with E-state index in [1.807, 2.05) is 12.1 Å². The lowest BCUT2D eigenvalue weighted by Crippen LogP contribution is -2.14. The van der Waals surface area contributed by atoms with Gasteiger partial charge in [0, 0.05) is 24.8 Å². The van der Waals surface area contributed by atoms with Gasteiger partial charge in [-0.2, -0.15) is 0 Å². The Morgan fingerprint density at radius 2 is 1.39 bits per heavy atom. The molecule has 0 aromatic heterocycles. The van der Waals surface area contributed by atoms with Crippen molar-refractivity contribution in [3.8, 4) is 5.75 Å². The molecule has 2 N–H and O–H groups in total. The van der Waals surface area contributed by atoms with Crippen LogP contribution >= 0.6 is 0 Å². The molecule has 2 aromatic rings. The maximum atomic E-state index is 12.1. The van der Waals surface area contributed by atoms with Gasteiger partial charge in [0.15, 0.2) is 0 Å². The zero-order valence-electron chi connectivity index (χ0n) is 19.4. The number of ether oxygens (including phenoxy) is 4. The molecule has 0 atom stereocenters. The third kappa shape index (κ3) is 11.4. The minimum atomic E-state index is -0.364. The molecule has 0 aliphatic rings. The Morgan fingerprint density at radius 3 is 2.03 bits per heavy atom. The molecule has 0 aliphatic carbocycles. The summed E-state index contributed by atoms with van der Waals surface area (Å²) in [5.41, 5.74) is 2.24. The highest BCUT2D eigenvalue weighted by Gasteiger charge is 2.06. The minimum absolute atomic E-state index is 0.113. The van der Waals surface area contributed by atoms with Crippen LogP contribution in [0.15, 0.2) is 48.5 Å². The Labute approximate surface area is 195 Å². The SMILES string of the molecule is CCCCNc1ccc(C(=O)OCCOCCOCCOc2ccc(NC(C)=O)cc2)cc1. The van der Waals surface area contributed by atoms with E-state index in [1.54, 1.807) is 36.4 Å². The second-order valence-corrected chi connectivity index (χ2v) is 7.27. The van der Waals surface area contributed by atoms with E-state index in [0.29, 0.717) is 44.3 Å². The summed E-state index contributed by atoms with van der Waals surface area (Å²) >= 11 is 0. The molecule has 180 valence electrons. The first-order chi connectivity index (χ1) is 16.1. The summed E-state index contributed by atoms with van der Waals surface area (Å²) in [5, 5.41) is 6.01. The maximum absolute atomic E-state index is 12.1. The van der Waals surface area contributed by atoms with Crippen LogP contribution in [0.2, 0.25) is 0 Å². The van der Waals surface area contributed by atoms with Crippen molar-refractivity contribution < 1.29 is 28.5 Å². The molecule has 0 saturated carbocycles. The number of hydrogen-bond donors (Lipinski definition) is 2. The highest BCUT2D eigenvalue weighted by molar-refractivity contribution is 5.90. The Hall–Kier alpha value is -3.10. The molecule has 0 saturated heterocycles. The fraction of sp³-hybridized carbons (Fsp3) is 0.440. The Balaban J connectivity index is 1.45. The lowest BCUT2D eigenvalue weighted by Gasteiger charge is -2.09. The fourth-order valence-corrected chi connectivity index (χ4v) is 2.79. The van der Waals surface area contributed by atoms with Crippen molar-refractivity contribution in [2.75, 3.05) is 56.8 Å². The van der Waals surface area contributed by atoms with E-state index in [2.05, 4.69) is 17.6 Å². The van der Waals surface area contributed by atoms with Crippen LogP contribution < -0.4 is 15.4 Å². The smallest absolute Gasteiger partial charge is 0.338 e. The highest BCUT2D eigenvalue weighted by Crippen LogP contribution is 2.15. The van der Waals surface area contributed by atoms with E-state index in [9.17, 15) is 9.59 Å². The molecule has 0 spiro atoms. The molecule has 0 heterocycles. The van der Waals surface area contributed by atoms with Gasteiger partial charge < -0.3 is 29.6 Å². The predicted octanol–water partition coefficient (Wildman–Crippen LogP) is 4.13. The lowest BCUT2D eigenvalue weighted by molar-refractivity contribution is -0.114. The number of benzene rings is 2. The molecule has 2 rings (SSSR count). The molecular formula is C25H34N2O6. The highest BCUT2D eigenvalue weighted by atomic mass is 16.6. The number of carbonyl (C=O) groups is 2. The van der Waals surface area contributed by atoms with Gasteiger partial charge in [0.05, 0.1) is 32.0 Å². The average Bonchev–Trinajstić information content (AvgIpc) is 2.81. The normalized spacial score (nSPS) is 10.5. The molecule has 0 unspecified atom stereocenters. The molecule has 0 aliphatic heterocycles. The van der Waals surface area contributed by atoms with Crippen molar-refractivity contribution in [1.29, 1.82) is 0 Å². The van der Waals surface area contributed by atoms with Crippen LogP contribution in [0, 0.1) is 0 Å². The van der Waals surface area contributed by atoms with E-state index in [1.165, 1.54) is 6.92 Å².